The number of hydrogen-bond acceptors (Lipinski definition) is 6. The van der Waals surface area contributed by atoms with Crippen LogP contribution in [0.15, 0.2) is 47.5 Å². The van der Waals surface area contributed by atoms with Gasteiger partial charge in [0.15, 0.2) is 0 Å². The van der Waals surface area contributed by atoms with Gasteiger partial charge in [-0.2, -0.15) is 4.31 Å². The lowest BCUT2D eigenvalue weighted by Crippen LogP contribution is -2.50. The monoisotopic (exact) mass is 491 g/mol. The molecule has 1 aromatic carbocycles. The van der Waals surface area contributed by atoms with E-state index in [0.29, 0.717) is 5.56 Å². The summed E-state index contributed by atoms with van der Waals surface area (Å²) in [5.41, 5.74) is 0.937. The third-order valence-electron chi connectivity index (χ3n) is 5.86. The second kappa shape index (κ2) is 10.6. The Morgan fingerprint density at radius 2 is 2.09 bits per heavy atom. The fourth-order valence-electron chi connectivity index (χ4n) is 3.79. The van der Waals surface area contributed by atoms with Crippen LogP contribution in [0.4, 0.5) is 4.39 Å². The summed E-state index contributed by atoms with van der Waals surface area (Å²) in [5, 5.41) is 9.74. The first-order valence-corrected chi connectivity index (χ1v) is 12.5. The summed E-state index contributed by atoms with van der Waals surface area (Å²) in [6, 6.07) is 6.39. The number of likely N-dealkylation sites (N-methyl/N-ethyl adjacent to an activating group) is 1. The summed E-state index contributed by atoms with van der Waals surface area (Å²) in [6.07, 6.45) is 4.49. The number of fused-ring (bicyclic) bond motifs is 1. The Morgan fingerprint density at radius 1 is 1.38 bits per heavy atom. The lowest BCUT2D eigenvalue weighted by molar-refractivity contribution is 0.0373. The molecular formula is C24H30FN3O5S. The average Bonchev–Trinajstić information content (AvgIpc) is 2.81. The van der Waals surface area contributed by atoms with Crippen molar-refractivity contribution in [1.82, 2.24) is 14.2 Å². The molecule has 184 valence electrons. The molecule has 8 nitrogen and oxygen atoms in total. The second-order valence-electron chi connectivity index (χ2n) is 8.46. The zero-order chi connectivity index (χ0) is 25.0. The van der Waals surface area contributed by atoms with E-state index in [4.69, 9.17) is 4.74 Å². The fraction of sp³-hybridized carbons (Fsp3) is 0.417. The van der Waals surface area contributed by atoms with E-state index in [1.54, 1.807) is 30.2 Å². The number of aliphatic hydroxyl groups is 1. The molecule has 3 rings (SSSR count). The largest absolute Gasteiger partial charge is 0.472 e. The van der Waals surface area contributed by atoms with Crippen molar-refractivity contribution in [3.63, 3.8) is 0 Å². The Hall–Kier alpha value is -2.82. The summed E-state index contributed by atoms with van der Waals surface area (Å²) >= 11 is 0. The molecule has 0 bridgehead atoms. The smallest absolute Gasteiger partial charge is 0.259 e. The Labute approximate surface area is 199 Å². The van der Waals surface area contributed by atoms with Crippen molar-refractivity contribution >= 4 is 22.0 Å². The minimum atomic E-state index is -4.12. The number of pyridine rings is 1. The predicted molar refractivity (Wildman–Crippen MR) is 126 cm³/mol. The van der Waals surface area contributed by atoms with Crippen LogP contribution in [0.2, 0.25) is 0 Å². The van der Waals surface area contributed by atoms with Gasteiger partial charge in [0.2, 0.25) is 15.9 Å². The number of hydrogen-bond donors (Lipinski definition) is 1. The number of carbonyl (C=O) groups is 1. The average molecular weight is 492 g/mol. The second-order valence-corrected chi connectivity index (χ2v) is 10.5. The van der Waals surface area contributed by atoms with Crippen LogP contribution in [0.1, 0.15) is 36.7 Å². The first-order valence-electron chi connectivity index (χ1n) is 11.0. The number of amides is 1. The molecule has 34 heavy (non-hydrogen) atoms. The first-order chi connectivity index (χ1) is 16.1. The van der Waals surface area contributed by atoms with E-state index in [2.05, 4.69) is 4.98 Å². The number of benzene rings is 1. The molecule has 10 heteroatoms. The highest BCUT2D eigenvalue weighted by Crippen LogP contribution is 2.28. The maximum absolute atomic E-state index is 14.2. The Kier molecular flexibility index (Phi) is 8.06. The number of aromatic nitrogens is 1. The highest BCUT2D eigenvalue weighted by molar-refractivity contribution is 7.89. The number of allylic oxidation sites excluding steroid dienone is 1. The standard InChI is InChI=1S/C24H30FN3O5S/c1-5-8-18-11-19-23(26-12-18)33-21(16(2)13-28(24(19)30)17(3)15-29)14-27(4)34(31,32)22-10-7-6-9-20(22)25/h5-12,16-17,21,29H,13-15H2,1-4H3/b8-5+/t16-,17-,21-/m1/s1. The molecule has 3 atom stereocenters. The van der Waals surface area contributed by atoms with Gasteiger partial charge in [0.25, 0.3) is 5.91 Å². The number of rotatable bonds is 7. The highest BCUT2D eigenvalue weighted by Gasteiger charge is 2.36. The van der Waals surface area contributed by atoms with Crippen LogP contribution < -0.4 is 4.74 Å². The molecule has 0 saturated heterocycles. The number of sulfonamides is 1. The van der Waals surface area contributed by atoms with Gasteiger partial charge < -0.3 is 14.7 Å². The molecule has 0 fully saturated rings. The van der Waals surface area contributed by atoms with Crippen molar-refractivity contribution in [3.05, 3.63) is 59.5 Å². The van der Waals surface area contributed by atoms with Gasteiger partial charge in [-0.3, -0.25) is 4.79 Å². The fourth-order valence-corrected chi connectivity index (χ4v) is 5.04. The zero-order valence-electron chi connectivity index (χ0n) is 19.7. The van der Waals surface area contributed by atoms with E-state index >= 15 is 0 Å². The van der Waals surface area contributed by atoms with Crippen LogP contribution >= 0.6 is 0 Å². The van der Waals surface area contributed by atoms with E-state index in [1.165, 1.54) is 25.2 Å². The minimum Gasteiger partial charge on any atom is -0.472 e. The molecule has 1 aliphatic rings. The van der Waals surface area contributed by atoms with Crippen molar-refractivity contribution in [2.24, 2.45) is 5.92 Å². The van der Waals surface area contributed by atoms with Crippen LogP contribution in [0.3, 0.4) is 0 Å². The topological polar surface area (TPSA) is 100 Å². The van der Waals surface area contributed by atoms with Gasteiger partial charge in [0, 0.05) is 25.7 Å². The molecule has 1 aliphatic heterocycles. The third-order valence-corrected chi connectivity index (χ3v) is 7.72. The predicted octanol–water partition coefficient (Wildman–Crippen LogP) is 2.79. The van der Waals surface area contributed by atoms with Gasteiger partial charge in [-0.05, 0) is 37.6 Å². The minimum absolute atomic E-state index is 0.0848. The SMILES string of the molecule is C/C=C/c1cnc2c(c1)C(=O)N([C@H](C)CO)C[C@@H](C)[C@@H](CN(C)S(=O)(=O)c1ccccc1F)O2. The van der Waals surface area contributed by atoms with E-state index in [-0.39, 0.29) is 43.0 Å². The van der Waals surface area contributed by atoms with Crippen molar-refractivity contribution in [1.29, 1.82) is 0 Å². The van der Waals surface area contributed by atoms with Crippen molar-refractivity contribution < 1.29 is 27.4 Å². The summed E-state index contributed by atoms with van der Waals surface area (Å²) in [4.78, 5) is 18.8. The van der Waals surface area contributed by atoms with Crippen molar-refractivity contribution in [2.75, 3.05) is 26.7 Å². The van der Waals surface area contributed by atoms with Gasteiger partial charge in [0.1, 0.15) is 22.4 Å². The number of nitrogens with zero attached hydrogens (tertiary/aromatic N) is 3. The molecule has 2 heterocycles. The van der Waals surface area contributed by atoms with Crippen LogP contribution in [0.25, 0.3) is 6.08 Å². The lowest BCUT2D eigenvalue weighted by Gasteiger charge is -2.37. The van der Waals surface area contributed by atoms with Gasteiger partial charge in [-0.15, -0.1) is 0 Å². The van der Waals surface area contributed by atoms with Gasteiger partial charge in [-0.1, -0.05) is 31.2 Å². The molecule has 1 amide bonds. The molecule has 1 aromatic heterocycles. The van der Waals surface area contributed by atoms with E-state index in [9.17, 15) is 22.7 Å². The summed E-state index contributed by atoms with van der Waals surface area (Å²) in [6.45, 7) is 5.32. The van der Waals surface area contributed by atoms with E-state index < -0.39 is 32.9 Å². The number of carbonyl (C=O) groups excluding carboxylic acids is 1. The first kappa shape index (κ1) is 25.8. The molecule has 0 unspecified atom stereocenters. The molecule has 0 radical (unpaired) electrons. The number of halogens is 1. The Balaban J connectivity index is 1.99. The van der Waals surface area contributed by atoms with Gasteiger partial charge >= 0.3 is 0 Å². The number of ether oxygens (including phenoxy) is 1. The van der Waals surface area contributed by atoms with Crippen molar-refractivity contribution in [2.45, 2.75) is 37.8 Å². The lowest BCUT2D eigenvalue weighted by atomic mass is 10.00. The van der Waals surface area contributed by atoms with E-state index in [0.717, 1.165) is 10.4 Å². The normalized spacial score (nSPS) is 20.1. The Bertz CT molecular complexity index is 1170. The maximum Gasteiger partial charge on any atom is 0.259 e. The van der Waals surface area contributed by atoms with E-state index in [1.807, 2.05) is 19.9 Å². The zero-order valence-corrected chi connectivity index (χ0v) is 20.5. The summed E-state index contributed by atoms with van der Waals surface area (Å²) in [7, 11) is -2.76. The summed E-state index contributed by atoms with van der Waals surface area (Å²) < 4.78 is 47.4. The third kappa shape index (κ3) is 5.29. The summed E-state index contributed by atoms with van der Waals surface area (Å²) in [5.74, 6) is -1.39. The molecule has 1 N–H and O–H groups in total. The highest BCUT2D eigenvalue weighted by atomic mass is 32.2. The molecule has 2 aromatic rings. The molecule has 0 spiro atoms. The quantitative estimate of drug-likeness (QED) is 0.639. The van der Waals surface area contributed by atoms with Crippen LogP contribution in [0, 0.1) is 11.7 Å². The molecular weight excluding hydrogens is 461 g/mol. The van der Waals surface area contributed by atoms with Crippen LogP contribution in [0.5, 0.6) is 5.88 Å². The number of aliphatic hydroxyl groups excluding tert-OH is 1. The van der Waals surface area contributed by atoms with Crippen LogP contribution in [-0.4, -0.2) is 72.5 Å². The molecule has 0 aliphatic carbocycles. The maximum atomic E-state index is 14.2. The van der Waals surface area contributed by atoms with Crippen molar-refractivity contribution in [3.8, 4) is 5.88 Å². The van der Waals surface area contributed by atoms with Gasteiger partial charge in [-0.25, -0.2) is 17.8 Å². The Morgan fingerprint density at radius 3 is 2.74 bits per heavy atom. The van der Waals surface area contributed by atoms with Crippen LogP contribution in [-0.2, 0) is 10.0 Å². The molecule has 0 saturated carbocycles. The van der Waals surface area contributed by atoms with Gasteiger partial charge in [0.05, 0.1) is 19.2 Å².